The van der Waals surface area contributed by atoms with Crippen molar-refractivity contribution in [2.45, 2.75) is 19.5 Å². The lowest BCUT2D eigenvalue weighted by Gasteiger charge is -2.29. The van der Waals surface area contributed by atoms with Gasteiger partial charge in [0.2, 0.25) is 0 Å². The number of fused-ring (bicyclic) bond motifs is 1. The molecule has 1 N–H and O–H groups in total. The second kappa shape index (κ2) is 5.12. The minimum atomic E-state index is 0.939. The molecule has 1 aromatic carbocycles. The molecule has 0 amide bonds. The topological polar surface area (TPSA) is 15.3 Å². The predicted molar refractivity (Wildman–Crippen MR) is 78.3 cm³/mol. The minimum absolute atomic E-state index is 0.939. The molecule has 94 valence electrons. The first-order valence-electron chi connectivity index (χ1n) is 6.40. The molecule has 18 heavy (non-hydrogen) atoms. The number of hydrogen-bond donors (Lipinski definition) is 1. The zero-order valence-corrected chi connectivity index (χ0v) is 11.5. The van der Waals surface area contributed by atoms with Crippen LogP contribution in [0.15, 0.2) is 35.7 Å². The molecule has 2 heterocycles. The smallest absolute Gasteiger partial charge is 0.0440 e. The summed E-state index contributed by atoms with van der Waals surface area (Å²) >= 11 is 1.90. The van der Waals surface area contributed by atoms with Gasteiger partial charge in [-0.2, -0.15) is 0 Å². The Labute approximate surface area is 112 Å². The molecule has 0 aliphatic carbocycles. The van der Waals surface area contributed by atoms with Crippen molar-refractivity contribution in [1.29, 1.82) is 0 Å². The molecule has 0 spiro atoms. The Balaban J connectivity index is 1.76. The number of nitrogens with one attached hydrogen (secondary N) is 1. The summed E-state index contributed by atoms with van der Waals surface area (Å²) in [5, 5.41) is 5.39. The van der Waals surface area contributed by atoms with Crippen molar-refractivity contribution in [1.82, 2.24) is 5.32 Å². The van der Waals surface area contributed by atoms with Crippen molar-refractivity contribution >= 4 is 17.0 Å². The lowest BCUT2D eigenvalue weighted by Crippen LogP contribution is -2.29. The van der Waals surface area contributed by atoms with E-state index in [1.54, 1.807) is 4.88 Å². The van der Waals surface area contributed by atoms with Crippen molar-refractivity contribution in [3.05, 3.63) is 51.7 Å². The van der Waals surface area contributed by atoms with Crippen molar-refractivity contribution in [2.75, 3.05) is 18.5 Å². The molecule has 1 aliphatic rings. The fourth-order valence-corrected chi connectivity index (χ4v) is 3.39. The Morgan fingerprint density at radius 2 is 2.06 bits per heavy atom. The van der Waals surface area contributed by atoms with Crippen LogP contribution in [-0.4, -0.2) is 13.6 Å². The maximum absolute atomic E-state index is 3.18. The summed E-state index contributed by atoms with van der Waals surface area (Å²) < 4.78 is 0. The number of hydrogen-bond acceptors (Lipinski definition) is 3. The summed E-state index contributed by atoms with van der Waals surface area (Å²) in [6, 6.07) is 11.2. The first-order chi connectivity index (χ1) is 8.86. The summed E-state index contributed by atoms with van der Waals surface area (Å²) in [5.41, 5.74) is 4.19. The van der Waals surface area contributed by atoms with E-state index in [4.69, 9.17) is 0 Å². The summed E-state index contributed by atoms with van der Waals surface area (Å²) in [6.45, 7) is 3.14. The minimum Gasteiger partial charge on any atom is -0.367 e. The third kappa shape index (κ3) is 2.28. The van der Waals surface area contributed by atoms with Gasteiger partial charge in [-0.15, -0.1) is 11.3 Å². The largest absolute Gasteiger partial charge is 0.367 e. The van der Waals surface area contributed by atoms with Crippen molar-refractivity contribution in [3.63, 3.8) is 0 Å². The number of anilines is 1. The average molecular weight is 258 g/mol. The lowest BCUT2D eigenvalue weighted by atomic mass is 10.1. The highest BCUT2D eigenvalue weighted by atomic mass is 32.1. The molecule has 0 saturated carbocycles. The standard InChI is InChI=1S/C15H18N2S/c1-16-10-12-2-4-14(5-3-12)17-8-6-15-13(11-17)7-9-18-15/h2-5,7,9,16H,6,8,10-11H2,1H3. The van der Waals surface area contributed by atoms with Crippen molar-refractivity contribution < 1.29 is 0 Å². The molecule has 2 aromatic rings. The molecule has 3 rings (SSSR count). The lowest BCUT2D eigenvalue weighted by molar-refractivity contribution is 0.743. The SMILES string of the molecule is CNCc1ccc(N2CCc3sccc3C2)cc1. The van der Waals surface area contributed by atoms with Crippen LogP contribution >= 0.6 is 11.3 Å². The Morgan fingerprint density at radius 3 is 2.83 bits per heavy atom. The molecular formula is C15H18N2S. The van der Waals surface area contributed by atoms with Crippen LogP contribution in [-0.2, 0) is 19.5 Å². The molecule has 0 atom stereocenters. The van der Waals surface area contributed by atoms with Crippen LogP contribution in [0.1, 0.15) is 16.0 Å². The van der Waals surface area contributed by atoms with E-state index >= 15 is 0 Å². The molecule has 1 aromatic heterocycles. The van der Waals surface area contributed by atoms with E-state index in [9.17, 15) is 0 Å². The van der Waals surface area contributed by atoms with Crippen LogP contribution < -0.4 is 10.2 Å². The van der Waals surface area contributed by atoms with Gasteiger partial charge in [0.05, 0.1) is 0 Å². The molecule has 1 aliphatic heterocycles. The van der Waals surface area contributed by atoms with Gasteiger partial charge >= 0.3 is 0 Å². The van der Waals surface area contributed by atoms with E-state index in [1.165, 1.54) is 23.2 Å². The van der Waals surface area contributed by atoms with Gasteiger partial charge in [0.25, 0.3) is 0 Å². The number of nitrogens with zero attached hydrogens (tertiary/aromatic N) is 1. The maximum Gasteiger partial charge on any atom is 0.0440 e. The van der Waals surface area contributed by atoms with Gasteiger partial charge in [-0.25, -0.2) is 0 Å². The summed E-state index contributed by atoms with van der Waals surface area (Å²) in [4.78, 5) is 4.04. The fourth-order valence-electron chi connectivity index (χ4n) is 2.50. The predicted octanol–water partition coefficient (Wildman–Crippen LogP) is 3.03. The van der Waals surface area contributed by atoms with E-state index in [0.29, 0.717) is 0 Å². The highest BCUT2D eigenvalue weighted by Crippen LogP contribution is 2.27. The second-order valence-electron chi connectivity index (χ2n) is 4.74. The number of benzene rings is 1. The van der Waals surface area contributed by atoms with E-state index < -0.39 is 0 Å². The summed E-state index contributed by atoms with van der Waals surface area (Å²) in [7, 11) is 1.98. The Morgan fingerprint density at radius 1 is 1.22 bits per heavy atom. The van der Waals surface area contributed by atoms with Crippen LogP contribution in [0.2, 0.25) is 0 Å². The van der Waals surface area contributed by atoms with E-state index in [1.807, 2.05) is 18.4 Å². The first-order valence-corrected chi connectivity index (χ1v) is 7.28. The molecule has 3 heteroatoms. The molecule has 0 radical (unpaired) electrons. The summed E-state index contributed by atoms with van der Waals surface area (Å²) in [5.74, 6) is 0. The van der Waals surface area contributed by atoms with E-state index in [0.717, 1.165) is 19.6 Å². The van der Waals surface area contributed by atoms with Crippen LogP contribution in [0.25, 0.3) is 0 Å². The van der Waals surface area contributed by atoms with Crippen LogP contribution in [0, 0.1) is 0 Å². The van der Waals surface area contributed by atoms with E-state index in [-0.39, 0.29) is 0 Å². The highest BCUT2D eigenvalue weighted by molar-refractivity contribution is 7.10. The highest BCUT2D eigenvalue weighted by Gasteiger charge is 2.17. The van der Waals surface area contributed by atoms with Gasteiger partial charge in [-0.1, -0.05) is 12.1 Å². The fraction of sp³-hybridized carbons (Fsp3) is 0.333. The number of rotatable bonds is 3. The second-order valence-corrected chi connectivity index (χ2v) is 5.74. The van der Waals surface area contributed by atoms with Gasteiger partial charge < -0.3 is 10.2 Å². The van der Waals surface area contributed by atoms with Crippen LogP contribution in [0.5, 0.6) is 0 Å². The van der Waals surface area contributed by atoms with Gasteiger partial charge in [-0.05, 0) is 48.2 Å². The Hall–Kier alpha value is -1.32. The zero-order chi connectivity index (χ0) is 12.4. The van der Waals surface area contributed by atoms with Crippen LogP contribution in [0.4, 0.5) is 5.69 Å². The molecule has 0 saturated heterocycles. The molecule has 0 bridgehead atoms. The average Bonchev–Trinajstić information content (AvgIpc) is 2.87. The molecule has 0 unspecified atom stereocenters. The Bertz CT molecular complexity index is 516. The van der Waals surface area contributed by atoms with Gasteiger partial charge in [0, 0.05) is 30.2 Å². The Kier molecular flexibility index (Phi) is 3.35. The van der Waals surface area contributed by atoms with Gasteiger partial charge in [-0.3, -0.25) is 0 Å². The quantitative estimate of drug-likeness (QED) is 0.910. The first kappa shape index (κ1) is 11.8. The van der Waals surface area contributed by atoms with Crippen molar-refractivity contribution in [2.24, 2.45) is 0 Å². The van der Waals surface area contributed by atoms with Gasteiger partial charge in [0.1, 0.15) is 0 Å². The number of thiophene rings is 1. The third-order valence-corrected chi connectivity index (χ3v) is 4.51. The summed E-state index contributed by atoms with van der Waals surface area (Å²) in [6.07, 6.45) is 1.19. The van der Waals surface area contributed by atoms with Crippen molar-refractivity contribution in [3.8, 4) is 0 Å². The molecule has 0 fully saturated rings. The van der Waals surface area contributed by atoms with Crippen LogP contribution in [0.3, 0.4) is 0 Å². The third-order valence-electron chi connectivity index (χ3n) is 3.49. The van der Waals surface area contributed by atoms with Gasteiger partial charge in [0.15, 0.2) is 0 Å². The zero-order valence-electron chi connectivity index (χ0n) is 10.6. The monoisotopic (exact) mass is 258 g/mol. The van der Waals surface area contributed by atoms with E-state index in [2.05, 4.69) is 45.9 Å². The maximum atomic E-state index is 3.18. The molecule has 2 nitrogen and oxygen atoms in total. The molecular weight excluding hydrogens is 240 g/mol. The normalized spacial score (nSPS) is 14.6.